The molecule has 0 unspecified atom stereocenters. The molecule has 8 nitrogen and oxygen atoms in total. The van der Waals surface area contributed by atoms with Gasteiger partial charge >= 0.3 is 6.18 Å². The SMILES string of the molecule is CNc1cc(-c2cc(NC(=O)c3cc(C(F)(F)F)cnn3)ccc2C)cc(N2C[C@H]3C[C@@H]2CO3)n1. The molecule has 11 heteroatoms. The van der Waals surface area contributed by atoms with Gasteiger partial charge in [0.15, 0.2) is 5.69 Å². The largest absolute Gasteiger partial charge is 0.418 e. The first-order valence-electron chi connectivity index (χ1n) is 11.1. The number of halogens is 3. The summed E-state index contributed by atoms with van der Waals surface area (Å²) in [7, 11) is 1.80. The number of alkyl halides is 3. The Hall–Kier alpha value is -3.73. The molecule has 5 rings (SSSR count). The van der Waals surface area contributed by atoms with Gasteiger partial charge in [0.2, 0.25) is 0 Å². The molecule has 1 aromatic carbocycles. The van der Waals surface area contributed by atoms with E-state index in [9.17, 15) is 18.0 Å². The van der Waals surface area contributed by atoms with Crippen LogP contribution >= 0.6 is 0 Å². The van der Waals surface area contributed by atoms with Gasteiger partial charge in [-0.1, -0.05) is 6.07 Å². The van der Waals surface area contributed by atoms with Gasteiger partial charge in [-0.2, -0.15) is 18.3 Å². The number of carbonyl (C=O) groups is 1. The summed E-state index contributed by atoms with van der Waals surface area (Å²) in [6, 6.07) is 10.2. The molecule has 2 aliphatic heterocycles. The Labute approximate surface area is 199 Å². The molecule has 0 saturated carbocycles. The topological polar surface area (TPSA) is 92.3 Å². The second kappa shape index (κ2) is 8.81. The number of aryl methyl sites for hydroxylation is 1. The number of hydrogen-bond acceptors (Lipinski definition) is 7. The van der Waals surface area contributed by atoms with E-state index in [0.717, 1.165) is 35.5 Å². The van der Waals surface area contributed by atoms with Crippen LogP contribution in [0.5, 0.6) is 0 Å². The zero-order chi connectivity index (χ0) is 24.7. The summed E-state index contributed by atoms with van der Waals surface area (Å²) in [5, 5.41) is 12.6. The molecule has 2 N–H and O–H groups in total. The molecule has 4 heterocycles. The molecule has 2 atom stereocenters. The van der Waals surface area contributed by atoms with Crippen molar-refractivity contribution in [2.75, 3.05) is 35.7 Å². The molecular weight excluding hydrogens is 461 g/mol. The van der Waals surface area contributed by atoms with Gasteiger partial charge in [-0.3, -0.25) is 4.79 Å². The van der Waals surface area contributed by atoms with Crippen LogP contribution in [0.1, 0.15) is 28.0 Å². The molecule has 0 radical (unpaired) electrons. The molecule has 2 aliphatic rings. The minimum atomic E-state index is -4.62. The molecule has 2 aromatic heterocycles. The smallest absolute Gasteiger partial charge is 0.374 e. The molecule has 2 fully saturated rings. The lowest BCUT2D eigenvalue weighted by Crippen LogP contribution is -2.37. The molecule has 0 aliphatic carbocycles. The van der Waals surface area contributed by atoms with Crippen molar-refractivity contribution in [2.45, 2.75) is 31.7 Å². The summed E-state index contributed by atoms with van der Waals surface area (Å²) < 4.78 is 44.6. The number of ether oxygens (including phenoxy) is 1. The quantitative estimate of drug-likeness (QED) is 0.563. The van der Waals surface area contributed by atoms with E-state index in [4.69, 9.17) is 9.72 Å². The number of nitrogens with one attached hydrogen (secondary N) is 2. The summed E-state index contributed by atoms with van der Waals surface area (Å²) in [5.41, 5.74) is 1.69. The van der Waals surface area contributed by atoms with Gasteiger partial charge in [-0.25, -0.2) is 4.98 Å². The Morgan fingerprint density at radius 1 is 1.20 bits per heavy atom. The van der Waals surface area contributed by atoms with Crippen LogP contribution in [-0.4, -0.2) is 53.4 Å². The predicted octanol–water partition coefficient (Wildman–Crippen LogP) is 4.14. The van der Waals surface area contributed by atoms with Gasteiger partial charge in [0.05, 0.1) is 30.5 Å². The minimum absolute atomic E-state index is 0.225. The van der Waals surface area contributed by atoms with Crippen LogP contribution in [0.3, 0.4) is 0 Å². The molecule has 35 heavy (non-hydrogen) atoms. The van der Waals surface area contributed by atoms with Crippen LogP contribution < -0.4 is 15.5 Å². The molecule has 1 amide bonds. The third-order valence-corrected chi connectivity index (χ3v) is 6.28. The van der Waals surface area contributed by atoms with E-state index in [1.807, 2.05) is 25.1 Å². The number of amides is 1. The fraction of sp³-hybridized carbons (Fsp3) is 0.333. The maximum absolute atomic E-state index is 13.0. The predicted molar refractivity (Wildman–Crippen MR) is 124 cm³/mol. The molecule has 0 spiro atoms. The Kier molecular flexibility index (Phi) is 5.79. The fourth-order valence-electron chi connectivity index (χ4n) is 4.47. The Morgan fingerprint density at radius 3 is 2.71 bits per heavy atom. The Bertz CT molecular complexity index is 1280. The molecular formula is C24H23F3N6O2. The highest BCUT2D eigenvalue weighted by molar-refractivity contribution is 6.03. The van der Waals surface area contributed by atoms with Crippen molar-refractivity contribution in [1.82, 2.24) is 15.2 Å². The van der Waals surface area contributed by atoms with Crippen molar-refractivity contribution in [3.05, 3.63) is 59.4 Å². The number of carbonyl (C=O) groups excluding carboxylic acids is 1. The number of aromatic nitrogens is 3. The van der Waals surface area contributed by atoms with Gasteiger partial charge in [0.25, 0.3) is 5.91 Å². The van der Waals surface area contributed by atoms with Gasteiger partial charge in [-0.15, -0.1) is 5.10 Å². The van der Waals surface area contributed by atoms with Gasteiger partial charge < -0.3 is 20.3 Å². The van der Waals surface area contributed by atoms with Crippen LogP contribution in [-0.2, 0) is 10.9 Å². The van der Waals surface area contributed by atoms with Gasteiger partial charge in [0.1, 0.15) is 11.6 Å². The second-order valence-corrected chi connectivity index (χ2v) is 8.66. The third kappa shape index (κ3) is 4.63. The fourth-order valence-corrected chi connectivity index (χ4v) is 4.47. The standard InChI is InChI=1S/C24H23F3N6O2/c1-13-3-4-16(30-23(34)20-7-15(10-29-32-20)24(25,26)27)8-19(13)14-5-21(28-2)31-22(6-14)33-11-18-9-17(33)12-35-18/h3-8,10,17-18H,9,11-12H2,1-2H3,(H,28,31)(H,30,34)/t17-,18-/m1/s1. The van der Waals surface area contributed by atoms with Crippen molar-refractivity contribution < 1.29 is 22.7 Å². The molecule has 2 saturated heterocycles. The summed E-state index contributed by atoms with van der Waals surface area (Å²) >= 11 is 0. The Balaban J connectivity index is 1.44. The summed E-state index contributed by atoms with van der Waals surface area (Å²) in [6.07, 6.45) is -2.82. The highest BCUT2D eigenvalue weighted by Crippen LogP contribution is 2.36. The number of pyridine rings is 1. The van der Waals surface area contributed by atoms with Crippen LogP contribution in [0.4, 0.5) is 30.5 Å². The van der Waals surface area contributed by atoms with Crippen molar-refractivity contribution in [1.29, 1.82) is 0 Å². The Morgan fingerprint density at radius 2 is 2.03 bits per heavy atom. The van der Waals surface area contributed by atoms with Crippen molar-refractivity contribution in [2.24, 2.45) is 0 Å². The first-order valence-corrected chi connectivity index (χ1v) is 11.1. The third-order valence-electron chi connectivity index (χ3n) is 6.28. The monoisotopic (exact) mass is 484 g/mol. The average molecular weight is 484 g/mol. The highest BCUT2D eigenvalue weighted by atomic mass is 19.4. The number of fused-ring (bicyclic) bond motifs is 2. The van der Waals surface area contributed by atoms with Gasteiger partial charge in [-0.05, 0) is 60.4 Å². The number of anilines is 3. The lowest BCUT2D eigenvalue weighted by molar-refractivity contribution is -0.137. The van der Waals surface area contributed by atoms with Crippen LogP contribution in [0.15, 0.2) is 42.6 Å². The van der Waals surface area contributed by atoms with Gasteiger partial charge in [0, 0.05) is 19.3 Å². The lowest BCUT2D eigenvalue weighted by Gasteiger charge is -2.28. The normalized spacial score (nSPS) is 19.2. The van der Waals surface area contributed by atoms with E-state index in [-0.39, 0.29) is 6.10 Å². The van der Waals surface area contributed by atoms with E-state index >= 15 is 0 Å². The van der Waals surface area contributed by atoms with E-state index < -0.39 is 23.3 Å². The van der Waals surface area contributed by atoms with E-state index in [1.54, 1.807) is 19.2 Å². The summed E-state index contributed by atoms with van der Waals surface area (Å²) in [6.45, 7) is 3.42. The number of morpholine rings is 1. The second-order valence-electron chi connectivity index (χ2n) is 8.66. The maximum Gasteiger partial charge on any atom is 0.418 e. The van der Waals surface area contributed by atoms with E-state index in [1.165, 1.54) is 0 Å². The number of nitrogens with zero attached hydrogens (tertiary/aromatic N) is 4. The lowest BCUT2D eigenvalue weighted by atomic mass is 10.00. The van der Waals surface area contributed by atoms with Crippen LogP contribution in [0, 0.1) is 6.92 Å². The first-order chi connectivity index (χ1) is 16.7. The zero-order valence-corrected chi connectivity index (χ0v) is 19.1. The number of benzene rings is 1. The van der Waals surface area contributed by atoms with Crippen molar-refractivity contribution in [3.8, 4) is 11.1 Å². The van der Waals surface area contributed by atoms with Crippen LogP contribution in [0.2, 0.25) is 0 Å². The molecule has 182 valence electrons. The highest BCUT2D eigenvalue weighted by Gasteiger charge is 2.39. The molecule has 2 bridgehead atoms. The minimum Gasteiger partial charge on any atom is -0.374 e. The number of hydrogen-bond donors (Lipinski definition) is 2. The average Bonchev–Trinajstić information content (AvgIpc) is 3.48. The summed E-state index contributed by atoms with van der Waals surface area (Å²) in [5.74, 6) is 0.767. The maximum atomic E-state index is 13.0. The summed E-state index contributed by atoms with van der Waals surface area (Å²) in [4.78, 5) is 19.6. The van der Waals surface area contributed by atoms with Crippen molar-refractivity contribution in [3.63, 3.8) is 0 Å². The zero-order valence-electron chi connectivity index (χ0n) is 19.1. The van der Waals surface area contributed by atoms with E-state index in [0.29, 0.717) is 36.4 Å². The molecule has 3 aromatic rings. The van der Waals surface area contributed by atoms with Crippen molar-refractivity contribution >= 4 is 23.2 Å². The number of rotatable bonds is 5. The van der Waals surface area contributed by atoms with Crippen LogP contribution in [0.25, 0.3) is 11.1 Å². The van der Waals surface area contributed by atoms with E-state index in [2.05, 4.69) is 25.7 Å². The first kappa shape index (κ1) is 23.0.